The second-order valence-electron chi connectivity index (χ2n) is 3.46. The van der Waals surface area contributed by atoms with Crippen LogP contribution in [-0.2, 0) is 12.6 Å². The van der Waals surface area contributed by atoms with Gasteiger partial charge in [0.25, 0.3) is 0 Å². The molecule has 0 heterocycles. The molecule has 0 saturated carbocycles. The third-order valence-electron chi connectivity index (χ3n) is 2.07. The summed E-state index contributed by atoms with van der Waals surface area (Å²) in [7, 11) is 0. The fourth-order valence-electron chi connectivity index (χ4n) is 1.28. The van der Waals surface area contributed by atoms with Gasteiger partial charge in [-0.25, -0.2) is 4.39 Å². The van der Waals surface area contributed by atoms with E-state index in [0.717, 1.165) is 6.07 Å². The van der Waals surface area contributed by atoms with Gasteiger partial charge in [-0.05, 0) is 24.1 Å². The van der Waals surface area contributed by atoms with Crippen LogP contribution in [0, 0.1) is 5.82 Å². The Morgan fingerprint density at radius 1 is 1.29 bits per heavy atom. The van der Waals surface area contributed by atoms with E-state index in [1.54, 1.807) is 0 Å². The summed E-state index contributed by atoms with van der Waals surface area (Å²) in [6, 6.07) is 2.04. The summed E-state index contributed by atoms with van der Waals surface area (Å²) in [4.78, 5) is 0. The number of nitrogens with two attached hydrogens (primary N) is 1. The lowest BCUT2D eigenvalue weighted by atomic mass is 10.0. The molecule has 0 bridgehead atoms. The number of hydrogen-bond donors (Lipinski definition) is 2. The maximum atomic E-state index is 12.9. The van der Waals surface area contributed by atoms with Crippen LogP contribution in [0.25, 0.3) is 0 Å². The Bertz CT molecular complexity index is 370. The topological polar surface area (TPSA) is 46.2 Å². The number of halogens is 5. The van der Waals surface area contributed by atoms with Gasteiger partial charge in [0.05, 0.1) is 12.2 Å². The van der Waals surface area contributed by atoms with Crippen molar-refractivity contribution in [1.82, 2.24) is 0 Å². The van der Waals surface area contributed by atoms with Crippen molar-refractivity contribution < 1.29 is 22.7 Å². The average Bonchev–Trinajstić information content (AvgIpc) is 2.19. The summed E-state index contributed by atoms with van der Waals surface area (Å²) in [6.45, 7) is -0.335. The van der Waals surface area contributed by atoms with Crippen LogP contribution in [0.2, 0.25) is 0 Å². The first-order valence-electron chi connectivity index (χ1n) is 4.56. The maximum Gasteiger partial charge on any atom is 0.419 e. The average molecular weight is 274 g/mol. The zero-order valence-corrected chi connectivity index (χ0v) is 9.48. The molecule has 1 unspecified atom stereocenters. The molecule has 0 aliphatic carbocycles. The van der Waals surface area contributed by atoms with Gasteiger partial charge in [0.1, 0.15) is 5.82 Å². The molecule has 7 heteroatoms. The fourth-order valence-corrected chi connectivity index (χ4v) is 1.28. The smallest absolute Gasteiger partial charge is 0.395 e. The summed E-state index contributed by atoms with van der Waals surface area (Å²) >= 11 is 0. The predicted octanol–water partition coefficient (Wildman–Crippen LogP) is 2.13. The van der Waals surface area contributed by atoms with Crippen molar-refractivity contribution in [3.8, 4) is 0 Å². The highest BCUT2D eigenvalue weighted by molar-refractivity contribution is 5.85. The van der Waals surface area contributed by atoms with E-state index in [1.807, 2.05) is 0 Å². The highest BCUT2D eigenvalue weighted by Gasteiger charge is 2.34. The predicted molar refractivity (Wildman–Crippen MR) is 57.4 cm³/mol. The third-order valence-corrected chi connectivity index (χ3v) is 2.07. The van der Waals surface area contributed by atoms with Gasteiger partial charge >= 0.3 is 6.18 Å². The van der Waals surface area contributed by atoms with E-state index in [-0.39, 0.29) is 31.0 Å². The van der Waals surface area contributed by atoms with E-state index >= 15 is 0 Å². The molecule has 1 aromatic carbocycles. The van der Waals surface area contributed by atoms with Crippen LogP contribution in [0.5, 0.6) is 0 Å². The number of rotatable bonds is 3. The molecule has 0 aliphatic heterocycles. The molecule has 1 atom stereocenters. The standard InChI is InChI=1S/C10H11F4NO.ClH/c11-9-2-1-6(3-7(15)5-16)4-8(9)10(12,13)14;/h1-2,4,7,16H,3,5,15H2;1H. The lowest BCUT2D eigenvalue weighted by molar-refractivity contribution is -0.140. The zero-order valence-electron chi connectivity index (χ0n) is 8.67. The van der Waals surface area contributed by atoms with Crippen LogP contribution < -0.4 is 5.73 Å². The fraction of sp³-hybridized carbons (Fsp3) is 0.400. The third kappa shape index (κ3) is 4.49. The van der Waals surface area contributed by atoms with Gasteiger partial charge in [0.15, 0.2) is 0 Å². The minimum Gasteiger partial charge on any atom is -0.395 e. The molecule has 17 heavy (non-hydrogen) atoms. The number of aliphatic hydroxyl groups is 1. The first-order valence-corrected chi connectivity index (χ1v) is 4.56. The van der Waals surface area contributed by atoms with Gasteiger partial charge in [0, 0.05) is 6.04 Å². The minimum atomic E-state index is -4.72. The van der Waals surface area contributed by atoms with Crippen LogP contribution in [0.1, 0.15) is 11.1 Å². The van der Waals surface area contributed by atoms with Crippen molar-refractivity contribution in [3.05, 3.63) is 35.1 Å². The molecule has 3 N–H and O–H groups in total. The van der Waals surface area contributed by atoms with Crippen LogP contribution >= 0.6 is 12.4 Å². The van der Waals surface area contributed by atoms with Crippen LogP contribution in [0.3, 0.4) is 0 Å². The Hall–Kier alpha value is -0.850. The Kier molecular flexibility index (Phi) is 5.87. The summed E-state index contributed by atoms with van der Waals surface area (Å²) in [6.07, 6.45) is -4.65. The van der Waals surface area contributed by atoms with Gasteiger partial charge in [-0.15, -0.1) is 12.4 Å². The van der Waals surface area contributed by atoms with E-state index < -0.39 is 23.6 Å². The van der Waals surface area contributed by atoms with Crippen molar-refractivity contribution >= 4 is 12.4 Å². The highest BCUT2D eigenvalue weighted by atomic mass is 35.5. The normalized spacial score (nSPS) is 13.1. The van der Waals surface area contributed by atoms with E-state index in [9.17, 15) is 17.6 Å². The van der Waals surface area contributed by atoms with Gasteiger partial charge in [-0.2, -0.15) is 13.2 Å². The molecule has 98 valence electrons. The monoisotopic (exact) mass is 273 g/mol. The second kappa shape index (κ2) is 6.18. The molecule has 0 amide bonds. The first-order chi connectivity index (χ1) is 7.34. The lowest BCUT2D eigenvalue weighted by Gasteiger charge is -2.12. The number of hydrogen-bond acceptors (Lipinski definition) is 2. The Morgan fingerprint density at radius 2 is 1.88 bits per heavy atom. The second-order valence-corrected chi connectivity index (χ2v) is 3.46. The molecule has 0 radical (unpaired) electrons. The zero-order chi connectivity index (χ0) is 12.3. The Morgan fingerprint density at radius 3 is 2.35 bits per heavy atom. The van der Waals surface area contributed by atoms with E-state index in [2.05, 4.69) is 0 Å². The van der Waals surface area contributed by atoms with Crippen molar-refractivity contribution in [2.24, 2.45) is 5.73 Å². The van der Waals surface area contributed by atoms with Crippen LogP contribution in [-0.4, -0.2) is 17.8 Å². The molecule has 1 rings (SSSR count). The van der Waals surface area contributed by atoms with Crippen molar-refractivity contribution in [2.75, 3.05) is 6.61 Å². The molecular weight excluding hydrogens is 262 g/mol. The summed E-state index contributed by atoms with van der Waals surface area (Å²) < 4.78 is 49.9. The Labute approximate surface area is 102 Å². The lowest BCUT2D eigenvalue weighted by Crippen LogP contribution is -2.27. The molecular formula is C10H12ClF4NO. The van der Waals surface area contributed by atoms with Gasteiger partial charge in [-0.3, -0.25) is 0 Å². The van der Waals surface area contributed by atoms with Gasteiger partial charge in [0.2, 0.25) is 0 Å². The van der Waals surface area contributed by atoms with Gasteiger partial charge < -0.3 is 10.8 Å². The largest absolute Gasteiger partial charge is 0.419 e. The van der Waals surface area contributed by atoms with Gasteiger partial charge in [-0.1, -0.05) is 6.07 Å². The van der Waals surface area contributed by atoms with Crippen molar-refractivity contribution in [3.63, 3.8) is 0 Å². The molecule has 0 fully saturated rings. The maximum absolute atomic E-state index is 12.9. The summed E-state index contributed by atoms with van der Waals surface area (Å²) in [5.41, 5.74) is 4.31. The first kappa shape index (κ1) is 16.1. The van der Waals surface area contributed by atoms with Crippen LogP contribution in [0.4, 0.5) is 17.6 Å². The van der Waals surface area contributed by atoms with Crippen molar-refractivity contribution in [1.29, 1.82) is 0 Å². The molecule has 1 aromatic rings. The van der Waals surface area contributed by atoms with E-state index in [1.165, 1.54) is 6.07 Å². The summed E-state index contributed by atoms with van der Waals surface area (Å²) in [5.74, 6) is -1.31. The molecule has 0 saturated heterocycles. The molecule has 0 aromatic heterocycles. The van der Waals surface area contributed by atoms with Crippen LogP contribution in [0.15, 0.2) is 18.2 Å². The Balaban J connectivity index is 0.00000256. The molecule has 2 nitrogen and oxygen atoms in total. The SMILES string of the molecule is Cl.NC(CO)Cc1ccc(F)c(C(F)(F)F)c1. The number of alkyl halides is 3. The quantitative estimate of drug-likeness (QED) is 0.829. The van der Waals surface area contributed by atoms with Crippen molar-refractivity contribution in [2.45, 2.75) is 18.6 Å². The molecule has 0 spiro atoms. The summed E-state index contributed by atoms with van der Waals surface area (Å²) in [5, 5.41) is 8.66. The number of benzene rings is 1. The van der Waals surface area contributed by atoms with E-state index in [0.29, 0.717) is 6.07 Å². The number of aliphatic hydroxyl groups excluding tert-OH is 1. The van der Waals surface area contributed by atoms with E-state index in [4.69, 9.17) is 10.8 Å². The minimum absolute atomic E-state index is 0. The highest BCUT2D eigenvalue weighted by Crippen LogP contribution is 2.31. The molecule has 0 aliphatic rings.